The number of aromatic carboxylic acids is 1. The summed E-state index contributed by atoms with van der Waals surface area (Å²) in [4.78, 5) is 24.4. The van der Waals surface area contributed by atoms with E-state index < -0.39 is 18.0 Å². The Kier molecular flexibility index (Phi) is 3.40. The number of rotatable bonds is 5. The molecule has 0 aliphatic rings. The molecule has 0 saturated heterocycles. The quantitative estimate of drug-likeness (QED) is 0.614. The molecule has 4 N–H and O–H groups in total. The third kappa shape index (κ3) is 3.06. The first-order valence-corrected chi connectivity index (χ1v) is 4.16. The Morgan fingerprint density at radius 1 is 1.53 bits per heavy atom. The number of aromatic nitrogens is 1. The minimum Gasteiger partial charge on any atom is -0.480 e. The molecule has 0 aliphatic carbocycles. The van der Waals surface area contributed by atoms with Crippen LogP contribution in [-0.2, 0) is 11.2 Å². The minimum atomic E-state index is -1.19. The molecular weight excluding hydrogens is 204 g/mol. The average Bonchev–Trinajstić information content (AvgIpc) is 2.62. The van der Waals surface area contributed by atoms with Crippen LogP contribution < -0.4 is 5.73 Å². The van der Waals surface area contributed by atoms with Crippen LogP contribution in [0.1, 0.15) is 22.8 Å². The standard InChI is InChI=1S/C8H10N2O5/c9-4(7(11)12)1-2-6-10-5(3-15-6)8(13)14/h3-4H,1-2,9H2,(H,11,12)(H,13,14)/t4-/m0/s1. The van der Waals surface area contributed by atoms with Crippen LogP contribution in [0.4, 0.5) is 0 Å². The fourth-order valence-electron chi connectivity index (χ4n) is 0.926. The van der Waals surface area contributed by atoms with Crippen molar-refractivity contribution >= 4 is 11.9 Å². The predicted octanol–water partition coefficient (Wildman–Crippen LogP) is -0.283. The highest BCUT2D eigenvalue weighted by molar-refractivity contribution is 5.84. The minimum absolute atomic E-state index is 0.148. The van der Waals surface area contributed by atoms with Crippen LogP contribution in [-0.4, -0.2) is 33.2 Å². The summed E-state index contributed by atoms with van der Waals surface area (Å²) in [5.41, 5.74) is 5.05. The highest BCUT2D eigenvalue weighted by Crippen LogP contribution is 2.05. The van der Waals surface area contributed by atoms with Crippen LogP contribution in [0, 0.1) is 0 Å². The zero-order chi connectivity index (χ0) is 11.4. The Morgan fingerprint density at radius 2 is 2.20 bits per heavy atom. The van der Waals surface area contributed by atoms with Gasteiger partial charge in [-0.05, 0) is 6.42 Å². The van der Waals surface area contributed by atoms with Gasteiger partial charge in [0.1, 0.15) is 12.3 Å². The highest BCUT2D eigenvalue weighted by Gasteiger charge is 2.14. The van der Waals surface area contributed by atoms with Crippen LogP contribution >= 0.6 is 0 Å². The van der Waals surface area contributed by atoms with Gasteiger partial charge in [0.05, 0.1) is 0 Å². The van der Waals surface area contributed by atoms with E-state index in [0.717, 1.165) is 6.26 Å². The van der Waals surface area contributed by atoms with Gasteiger partial charge in [0.25, 0.3) is 0 Å². The fraction of sp³-hybridized carbons (Fsp3) is 0.375. The Bertz CT molecular complexity index is 373. The molecule has 0 aliphatic heterocycles. The maximum atomic E-state index is 10.4. The van der Waals surface area contributed by atoms with Crippen molar-refractivity contribution in [1.82, 2.24) is 4.98 Å². The average molecular weight is 214 g/mol. The van der Waals surface area contributed by atoms with Crippen LogP contribution in [0.5, 0.6) is 0 Å². The van der Waals surface area contributed by atoms with Crippen LogP contribution in [0.25, 0.3) is 0 Å². The number of hydrogen-bond acceptors (Lipinski definition) is 5. The normalized spacial score (nSPS) is 12.3. The lowest BCUT2D eigenvalue weighted by Crippen LogP contribution is -2.30. The molecular formula is C8H10N2O5. The van der Waals surface area contributed by atoms with Gasteiger partial charge in [0, 0.05) is 6.42 Å². The SMILES string of the molecule is N[C@@H](CCc1nc(C(=O)O)co1)C(=O)O. The van der Waals surface area contributed by atoms with Crippen molar-refractivity contribution in [3.63, 3.8) is 0 Å². The van der Waals surface area contributed by atoms with E-state index in [1.54, 1.807) is 0 Å². The summed E-state index contributed by atoms with van der Waals surface area (Å²) in [6.07, 6.45) is 1.35. The Hall–Kier alpha value is -1.89. The predicted molar refractivity (Wildman–Crippen MR) is 47.4 cm³/mol. The summed E-state index contributed by atoms with van der Waals surface area (Å²) < 4.78 is 4.82. The molecule has 1 aromatic rings. The van der Waals surface area contributed by atoms with E-state index in [1.165, 1.54) is 0 Å². The molecule has 0 saturated carbocycles. The van der Waals surface area contributed by atoms with Gasteiger partial charge in [0.15, 0.2) is 11.6 Å². The summed E-state index contributed by atoms with van der Waals surface area (Å²) in [5, 5.41) is 17.0. The first kappa shape index (κ1) is 11.2. The first-order valence-electron chi connectivity index (χ1n) is 4.16. The number of hydrogen-bond donors (Lipinski definition) is 3. The van der Waals surface area contributed by atoms with E-state index in [9.17, 15) is 9.59 Å². The first-order chi connectivity index (χ1) is 7.00. The molecule has 0 radical (unpaired) electrons. The Balaban J connectivity index is 2.51. The fourth-order valence-corrected chi connectivity index (χ4v) is 0.926. The molecule has 0 amide bonds. The number of aliphatic carboxylic acids is 1. The van der Waals surface area contributed by atoms with Gasteiger partial charge in [-0.25, -0.2) is 9.78 Å². The molecule has 0 aromatic carbocycles. The maximum absolute atomic E-state index is 10.4. The van der Waals surface area contributed by atoms with Gasteiger partial charge >= 0.3 is 11.9 Å². The summed E-state index contributed by atoms with van der Waals surface area (Å²) in [5.74, 6) is -2.13. The van der Waals surface area contributed by atoms with E-state index in [-0.39, 0.29) is 24.4 Å². The van der Waals surface area contributed by atoms with Gasteiger partial charge < -0.3 is 20.4 Å². The molecule has 15 heavy (non-hydrogen) atoms. The second kappa shape index (κ2) is 4.56. The smallest absolute Gasteiger partial charge is 0.357 e. The summed E-state index contributed by atoms with van der Waals surface area (Å²) in [7, 11) is 0. The summed E-state index contributed by atoms with van der Waals surface area (Å²) in [6, 6.07) is -0.995. The van der Waals surface area contributed by atoms with E-state index in [1.807, 2.05) is 0 Å². The number of aryl methyl sites for hydroxylation is 1. The third-order valence-corrected chi connectivity index (χ3v) is 1.76. The van der Waals surface area contributed by atoms with Gasteiger partial charge in [-0.15, -0.1) is 0 Å². The third-order valence-electron chi connectivity index (χ3n) is 1.76. The largest absolute Gasteiger partial charge is 0.480 e. The van der Waals surface area contributed by atoms with E-state index in [4.69, 9.17) is 20.4 Å². The summed E-state index contributed by atoms with van der Waals surface area (Å²) in [6.45, 7) is 0. The molecule has 0 fully saturated rings. The number of carboxylic acid groups (broad SMARTS) is 2. The van der Waals surface area contributed by atoms with Crippen LogP contribution in [0.3, 0.4) is 0 Å². The second-order valence-electron chi connectivity index (χ2n) is 2.92. The topological polar surface area (TPSA) is 127 Å². The molecule has 0 unspecified atom stereocenters. The second-order valence-corrected chi connectivity index (χ2v) is 2.92. The van der Waals surface area contributed by atoms with Crippen molar-refractivity contribution in [3.8, 4) is 0 Å². The number of nitrogens with two attached hydrogens (primary N) is 1. The van der Waals surface area contributed by atoms with E-state index in [0.29, 0.717) is 0 Å². The van der Waals surface area contributed by atoms with Crippen molar-refractivity contribution in [3.05, 3.63) is 17.8 Å². The number of oxazole rings is 1. The zero-order valence-electron chi connectivity index (χ0n) is 7.71. The molecule has 1 rings (SSSR count). The molecule has 7 heteroatoms. The number of carbonyl (C=O) groups is 2. The lowest BCUT2D eigenvalue weighted by atomic mass is 10.2. The molecule has 1 atom stereocenters. The van der Waals surface area contributed by atoms with Crippen molar-refractivity contribution < 1.29 is 24.2 Å². The van der Waals surface area contributed by atoms with Gasteiger partial charge in [-0.2, -0.15) is 0 Å². The van der Waals surface area contributed by atoms with Gasteiger partial charge in [-0.1, -0.05) is 0 Å². The highest BCUT2D eigenvalue weighted by atomic mass is 16.4. The Labute approximate surface area is 84.5 Å². The van der Waals surface area contributed by atoms with E-state index >= 15 is 0 Å². The Morgan fingerprint density at radius 3 is 2.67 bits per heavy atom. The van der Waals surface area contributed by atoms with Gasteiger partial charge in [-0.3, -0.25) is 4.79 Å². The van der Waals surface area contributed by atoms with E-state index in [2.05, 4.69) is 4.98 Å². The molecule has 0 bridgehead atoms. The summed E-state index contributed by atoms with van der Waals surface area (Å²) >= 11 is 0. The molecule has 1 aromatic heterocycles. The monoisotopic (exact) mass is 214 g/mol. The molecule has 82 valence electrons. The lowest BCUT2D eigenvalue weighted by molar-refractivity contribution is -0.138. The van der Waals surface area contributed by atoms with Crippen LogP contribution in [0.2, 0.25) is 0 Å². The van der Waals surface area contributed by atoms with Crippen molar-refractivity contribution in [2.45, 2.75) is 18.9 Å². The lowest BCUT2D eigenvalue weighted by Gasteiger charge is -2.02. The van der Waals surface area contributed by atoms with Crippen molar-refractivity contribution in [2.24, 2.45) is 5.73 Å². The maximum Gasteiger partial charge on any atom is 0.357 e. The molecule has 7 nitrogen and oxygen atoms in total. The van der Waals surface area contributed by atoms with Crippen molar-refractivity contribution in [2.75, 3.05) is 0 Å². The molecule has 0 spiro atoms. The van der Waals surface area contributed by atoms with Crippen LogP contribution in [0.15, 0.2) is 10.7 Å². The zero-order valence-corrected chi connectivity index (χ0v) is 7.71. The van der Waals surface area contributed by atoms with Crippen molar-refractivity contribution in [1.29, 1.82) is 0 Å². The number of carboxylic acids is 2. The molecule has 1 heterocycles. The number of nitrogens with zero attached hydrogens (tertiary/aromatic N) is 1. The van der Waals surface area contributed by atoms with Gasteiger partial charge in [0.2, 0.25) is 0 Å².